The van der Waals surface area contributed by atoms with Gasteiger partial charge in [0.05, 0.1) is 7.11 Å². The summed E-state index contributed by atoms with van der Waals surface area (Å²) in [5, 5.41) is 6.50. The van der Waals surface area contributed by atoms with E-state index < -0.39 is 0 Å². The number of esters is 1. The molecular weight excluding hydrogens is 437 g/mol. The fraction of sp³-hybridized carbons (Fsp3) is 0.882. The summed E-state index contributed by atoms with van der Waals surface area (Å²) in [4.78, 5) is 15.2. The highest BCUT2D eigenvalue weighted by Crippen LogP contribution is 2.14. The zero-order valence-electron chi connectivity index (χ0n) is 15.6. The first-order valence-electron chi connectivity index (χ1n) is 8.93. The molecule has 7 nitrogen and oxygen atoms in total. The van der Waals surface area contributed by atoms with Crippen molar-refractivity contribution in [2.75, 3.05) is 53.7 Å². The number of nitrogens with one attached hydrogen (secondary N) is 2. The van der Waals surface area contributed by atoms with E-state index in [1.54, 1.807) is 7.05 Å². The average Bonchev–Trinajstić information content (AvgIpc) is 2.63. The number of ether oxygens (including phenoxy) is 3. The highest BCUT2D eigenvalue weighted by atomic mass is 127. The van der Waals surface area contributed by atoms with Crippen molar-refractivity contribution < 1.29 is 19.0 Å². The van der Waals surface area contributed by atoms with E-state index in [0.717, 1.165) is 77.6 Å². The van der Waals surface area contributed by atoms with Gasteiger partial charge in [-0.2, -0.15) is 0 Å². The summed E-state index contributed by atoms with van der Waals surface area (Å²) in [5.41, 5.74) is 0. The number of hydrogen-bond donors (Lipinski definition) is 2. The van der Waals surface area contributed by atoms with Crippen molar-refractivity contribution in [1.29, 1.82) is 0 Å². The van der Waals surface area contributed by atoms with Crippen LogP contribution >= 0.6 is 24.0 Å². The second-order valence-corrected chi connectivity index (χ2v) is 5.94. The van der Waals surface area contributed by atoms with Crippen LogP contribution < -0.4 is 10.6 Å². The molecule has 0 bridgehead atoms. The fourth-order valence-electron chi connectivity index (χ4n) is 2.47. The van der Waals surface area contributed by atoms with Gasteiger partial charge in [-0.3, -0.25) is 9.79 Å². The molecule has 1 aliphatic heterocycles. The second-order valence-electron chi connectivity index (χ2n) is 5.94. The van der Waals surface area contributed by atoms with Gasteiger partial charge in [-0.25, -0.2) is 0 Å². The smallest absolute Gasteiger partial charge is 0.305 e. The Balaban J connectivity index is 0.00000576. The fourth-order valence-corrected chi connectivity index (χ4v) is 2.47. The zero-order valence-corrected chi connectivity index (χ0v) is 17.9. The van der Waals surface area contributed by atoms with Crippen LogP contribution in [0, 0.1) is 5.92 Å². The molecule has 0 aliphatic carbocycles. The van der Waals surface area contributed by atoms with Gasteiger partial charge in [0.1, 0.15) is 0 Å². The summed E-state index contributed by atoms with van der Waals surface area (Å²) in [6.07, 6.45) is 5.37. The molecule has 0 aromatic carbocycles. The molecule has 0 aromatic heterocycles. The zero-order chi connectivity index (χ0) is 17.5. The minimum atomic E-state index is -0.154. The molecule has 2 N–H and O–H groups in total. The topological polar surface area (TPSA) is 81.2 Å². The van der Waals surface area contributed by atoms with Crippen LogP contribution in [0.3, 0.4) is 0 Å². The van der Waals surface area contributed by atoms with Crippen LogP contribution in [0.1, 0.15) is 38.5 Å². The van der Waals surface area contributed by atoms with Gasteiger partial charge in [0.2, 0.25) is 0 Å². The molecule has 0 radical (unpaired) electrons. The van der Waals surface area contributed by atoms with E-state index in [2.05, 4.69) is 20.4 Å². The van der Waals surface area contributed by atoms with Crippen molar-refractivity contribution in [3.8, 4) is 0 Å². The lowest BCUT2D eigenvalue weighted by Gasteiger charge is -2.21. The highest BCUT2D eigenvalue weighted by molar-refractivity contribution is 14.0. The van der Waals surface area contributed by atoms with E-state index in [1.807, 2.05) is 0 Å². The van der Waals surface area contributed by atoms with Crippen molar-refractivity contribution in [1.82, 2.24) is 10.6 Å². The van der Waals surface area contributed by atoms with Gasteiger partial charge in [-0.15, -0.1) is 24.0 Å². The number of unbranched alkanes of at least 4 members (excludes halogenated alkanes) is 1. The Morgan fingerprint density at radius 1 is 1.16 bits per heavy atom. The van der Waals surface area contributed by atoms with Crippen LogP contribution in [0.25, 0.3) is 0 Å². The highest BCUT2D eigenvalue weighted by Gasteiger charge is 2.13. The maximum absolute atomic E-state index is 11.0. The molecule has 1 saturated heterocycles. The van der Waals surface area contributed by atoms with Gasteiger partial charge in [-0.05, 0) is 38.0 Å². The normalized spacial score (nSPS) is 15.4. The molecule has 0 atom stereocenters. The quantitative estimate of drug-likeness (QED) is 0.158. The Kier molecular flexibility index (Phi) is 16.4. The molecule has 148 valence electrons. The van der Waals surface area contributed by atoms with Crippen molar-refractivity contribution in [3.05, 3.63) is 0 Å². The molecule has 0 aromatic rings. The number of halogens is 1. The largest absolute Gasteiger partial charge is 0.469 e. The molecule has 1 fully saturated rings. The van der Waals surface area contributed by atoms with E-state index >= 15 is 0 Å². The van der Waals surface area contributed by atoms with E-state index in [-0.39, 0.29) is 29.9 Å². The van der Waals surface area contributed by atoms with E-state index in [0.29, 0.717) is 12.3 Å². The average molecular weight is 471 g/mol. The van der Waals surface area contributed by atoms with Gasteiger partial charge in [-0.1, -0.05) is 0 Å². The summed E-state index contributed by atoms with van der Waals surface area (Å²) in [5.74, 6) is 1.29. The van der Waals surface area contributed by atoms with Crippen molar-refractivity contribution >= 4 is 35.9 Å². The first-order valence-corrected chi connectivity index (χ1v) is 8.93. The third-order valence-electron chi connectivity index (χ3n) is 4.00. The number of guanidine groups is 1. The van der Waals surface area contributed by atoms with E-state index in [1.165, 1.54) is 7.11 Å². The lowest BCUT2D eigenvalue weighted by molar-refractivity contribution is -0.140. The molecule has 0 amide bonds. The summed E-state index contributed by atoms with van der Waals surface area (Å²) in [6.45, 7) is 4.97. The minimum absolute atomic E-state index is 0. The summed E-state index contributed by atoms with van der Waals surface area (Å²) < 4.78 is 15.7. The second kappa shape index (κ2) is 16.8. The third-order valence-corrected chi connectivity index (χ3v) is 4.00. The maximum Gasteiger partial charge on any atom is 0.305 e. The van der Waals surface area contributed by atoms with Crippen molar-refractivity contribution in [2.45, 2.75) is 38.5 Å². The Labute approximate surface area is 168 Å². The van der Waals surface area contributed by atoms with Gasteiger partial charge in [0.15, 0.2) is 5.96 Å². The number of hydrogen-bond acceptors (Lipinski definition) is 5. The number of nitrogens with zero attached hydrogens (tertiary/aromatic N) is 1. The number of methoxy groups -OCH3 is 1. The molecule has 0 unspecified atom stereocenters. The molecule has 8 heteroatoms. The van der Waals surface area contributed by atoms with Gasteiger partial charge < -0.3 is 24.8 Å². The number of carbonyl (C=O) groups excluding carboxylic acids is 1. The lowest BCUT2D eigenvalue weighted by Crippen LogP contribution is -2.38. The molecule has 0 saturated carbocycles. The number of carbonyl (C=O) groups is 1. The van der Waals surface area contributed by atoms with Crippen LogP contribution in [-0.4, -0.2) is 65.6 Å². The molecule has 25 heavy (non-hydrogen) atoms. The van der Waals surface area contributed by atoms with Gasteiger partial charge >= 0.3 is 5.97 Å². The van der Waals surface area contributed by atoms with Crippen LogP contribution in [0.15, 0.2) is 4.99 Å². The van der Waals surface area contributed by atoms with Gasteiger partial charge in [0.25, 0.3) is 0 Å². The van der Waals surface area contributed by atoms with Crippen LogP contribution in [-0.2, 0) is 19.0 Å². The molecule has 1 rings (SSSR count). The molecule has 0 spiro atoms. The van der Waals surface area contributed by atoms with Crippen LogP contribution in [0.2, 0.25) is 0 Å². The predicted octanol–water partition coefficient (Wildman–Crippen LogP) is 1.95. The van der Waals surface area contributed by atoms with E-state index in [4.69, 9.17) is 9.47 Å². The summed E-state index contributed by atoms with van der Waals surface area (Å²) in [6, 6.07) is 0. The SMILES string of the molecule is CN=C(NCCCCC(=O)OC)NCCCOCC1CCOCC1.I. The lowest BCUT2D eigenvalue weighted by atomic mass is 10.0. The minimum Gasteiger partial charge on any atom is -0.469 e. The summed E-state index contributed by atoms with van der Waals surface area (Å²) >= 11 is 0. The Morgan fingerprint density at radius 3 is 2.48 bits per heavy atom. The van der Waals surface area contributed by atoms with Gasteiger partial charge in [0, 0.05) is 53.0 Å². The molecule has 1 heterocycles. The van der Waals surface area contributed by atoms with Crippen molar-refractivity contribution in [3.63, 3.8) is 0 Å². The van der Waals surface area contributed by atoms with Crippen LogP contribution in [0.4, 0.5) is 0 Å². The standard InChI is InChI=1S/C17H33N3O4.HI/c1-18-17(19-9-4-3-6-16(21)22-2)20-10-5-11-24-14-15-7-12-23-13-8-15;/h15H,3-14H2,1-2H3,(H2,18,19,20);1H. The molecular formula is C17H34IN3O4. The predicted molar refractivity (Wildman–Crippen MR) is 110 cm³/mol. The first-order chi connectivity index (χ1) is 11.8. The Morgan fingerprint density at radius 2 is 1.84 bits per heavy atom. The first kappa shape index (κ1) is 24.4. The van der Waals surface area contributed by atoms with Crippen molar-refractivity contribution in [2.24, 2.45) is 10.9 Å². The summed E-state index contributed by atoms with van der Waals surface area (Å²) in [7, 11) is 3.17. The Bertz CT molecular complexity index is 364. The Hall–Kier alpha value is -0.610. The number of aliphatic imine (C=N–C) groups is 1. The van der Waals surface area contributed by atoms with E-state index in [9.17, 15) is 4.79 Å². The van der Waals surface area contributed by atoms with Crippen LogP contribution in [0.5, 0.6) is 0 Å². The number of rotatable bonds is 11. The molecule has 1 aliphatic rings. The third kappa shape index (κ3) is 13.3. The monoisotopic (exact) mass is 471 g/mol. The maximum atomic E-state index is 11.0.